The minimum absolute atomic E-state index is 0.175. The lowest BCUT2D eigenvalue weighted by Crippen LogP contribution is -2.38. The predicted molar refractivity (Wildman–Crippen MR) is 124 cm³/mol. The van der Waals surface area contributed by atoms with Crippen LogP contribution in [0.5, 0.6) is 0 Å². The Bertz CT molecular complexity index is 1140. The van der Waals surface area contributed by atoms with E-state index in [9.17, 15) is 14.3 Å². The maximum Gasteiger partial charge on any atom is 0.362 e. The summed E-state index contributed by atoms with van der Waals surface area (Å²) in [5.41, 5.74) is 1.42. The van der Waals surface area contributed by atoms with Crippen LogP contribution in [0.1, 0.15) is 22.5 Å². The van der Waals surface area contributed by atoms with Crippen LogP contribution in [-0.2, 0) is 15.2 Å². The number of aromatic nitrogens is 2. The number of alkyl halides is 1. The fourth-order valence-corrected chi connectivity index (χ4v) is 4.20. The molecule has 0 aliphatic carbocycles. The third-order valence-electron chi connectivity index (χ3n) is 4.96. The van der Waals surface area contributed by atoms with Gasteiger partial charge in [0.2, 0.25) is 16.7 Å². The minimum Gasteiger partial charge on any atom is -0.476 e. The molecule has 0 fully saturated rings. The third-order valence-corrected chi connectivity index (χ3v) is 5.59. The first kappa shape index (κ1) is 22.1. The Balaban J connectivity index is 1.87. The first-order chi connectivity index (χ1) is 16.1. The van der Waals surface area contributed by atoms with Crippen molar-refractivity contribution in [3.05, 3.63) is 114 Å². The van der Waals surface area contributed by atoms with Gasteiger partial charge in [-0.1, -0.05) is 96.2 Å². The fourth-order valence-electron chi connectivity index (χ4n) is 3.58. The number of hydrogen-bond acceptors (Lipinski definition) is 7. The number of carboxylic acids is 1. The molecule has 33 heavy (non-hydrogen) atoms. The number of nitrogens with zero attached hydrogens (tertiary/aromatic N) is 3. The first-order valence-electron chi connectivity index (χ1n) is 9.93. The van der Waals surface area contributed by atoms with Crippen LogP contribution in [0.3, 0.4) is 0 Å². The normalized spacial score (nSPS) is 11.7. The van der Waals surface area contributed by atoms with Crippen molar-refractivity contribution < 1.29 is 19.1 Å². The number of benzene rings is 3. The molecule has 0 spiro atoms. The summed E-state index contributed by atoms with van der Waals surface area (Å²) in [5.74, 6) is -1.60. The third kappa shape index (κ3) is 4.58. The maximum absolute atomic E-state index is 12.4. The van der Waals surface area contributed by atoms with Gasteiger partial charge >= 0.3 is 5.97 Å². The summed E-state index contributed by atoms with van der Waals surface area (Å²) in [5, 5.41) is 16.5. The van der Waals surface area contributed by atoms with Gasteiger partial charge in [0.1, 0.15) is 5.54 Å². The van der Waals surface area contributed by atoms with Gasteiger partial charge in [0.15, 0.2) is 0 Å². The molecule has 2 N–H and O–H groups in total. The minimum atomic E-state index is -1.42. The Kier molecular flexibility index (Phi) is 6.70. The van der Waals surface area contributed by atoms with E-state index in [1.54, 1.807) is 0 Å². The second-order valence-electron chi connectivity index (χ2n) is 6.88. The molecular weight excluding hydrogens is 443 g/mol. The van der Waals surface area contributed by atoms with E-state index in [1.807, 2.05) is 91.0 Å². The average molecular weight is 463 g/mol. The highest BCUT2D eigenvalue weighted by Gasteiger charge is 2.37. The summed E-state index contributed by atoms with van der Waals surface area (Å²) < 4.78 is 16.5. The Labute approximate surface area is 193 Å². The summed E-state index contributed by atoms with van der Waals surface area (Å²) >= 11 is 0.974. The summed E-state index contributed by atoms with van der Waals surface area (Å²) in [6.07, 6.45) is 0. The van der Waals surface area contributed by atoms with Crippen LogP contribution in [0, 0.1) is 0 Å². The fraction of sp³-hybridized carbons (Fsp3) is 0.0833. The van der Waals surface area contributed by atoms with E-state index >= 15 is 0 Å². The molecular formula is C24H19FN4O3S. The van der Waals surface area contributed by atoms with E-state index in [0.717, 1.165) is 28.2 Å². The molecule has 0 saturated carbocycles. The number of carboxylic acid groups (broad SMARTS) is 1. The van der Waals surface area contributed by atoms with Gasteiger partial charge in [0.05, 0.1) is 0 Å². The summed E-state index contributed by atoms with van der Waals surface area (Å²) in [7, 11) is 0. The molecule has 0 atom stereocenters. The predicted octanol–water partition coefficient (Wildman–Crippen LogP) is 4.67. The number of aliphatic carboxylic acids is 1. The molecule has 4 rings (SSSR count). The number of carbonyl (C=O) groups is 1. The van der Waals surface area contributed by atoms with Gasteiger partial charge in [-0.15, -0.1) is 0 Å². The second kappa shape index (κ2) is 10.0. The van der Waals surface area contributed by atoms with Gasteiger partial charge in [0.25, 0.3) is 6.86 Å². The van der Waals surface area contributed by atoms with E-state index in [0.29, 0.717) is 5.13 Å². The van der Waals surface area contributed by atoms with Crippen molar-refractivity contribution in [3.8, 4) is 0 Å². The molecule has 166 valence electrons. The zero-order valence-electron chi connectivity index (χ0n) is 17.3. The van der Waals surface area contributed by atoms with Crippen molar-refractivity contribution in [2.45, 2.75) is 5.54 Å². The monoisotopic (exact) mass is 462 g/mol. The highest BCUT2D eigenvalue weighted by atomic mass is 32.1. The van der Waals surface area contributed by atoms with Crippen LogP contribution in [0.4, 0.5) is 9.52 Å². The van der Waals surface area contributed by atoms with E-state index in [4.69, 9.17) is 0 Å². The topological polar surface area (TPSA) is 96.7 Å². The van der Waals surface area contributed by atoms with Gasteiger partial charge in [-0.05, 0) is 16.7 Å². The van der Waals surface area contributed by atoms with Crippen molar-refractivity contribution in [3.63, 3.8) is 0 Å². The number of halogens is 1. The molecule has 7 nitrogen and oxygen atoms in total. The van der Waals surface area contributed by atoms with Gasteiger partial charge < -0.3 is 15.3 Å². The Morgan fingerprint density at radius 2 is 1.42 bits per heavy atom. The summed E-state index contributed by atoms with van der Waals surface area (Å²) in [6, 6.07) is 29.6. The van der Waals surface area contributed by atoms with E-state index in [-0.39, 0.29) is 5.82 Å². The number of oxime groups is 1. The highest BCUT2D eigenvalue weighted by molar-refractivity contribution is 7.09. The molecule has 0 amide bonds. The standard InChI is InChI=1S/C24H19FN4O3S/c25-16-32-28-20(22(30)31)21-26-23(33-29-21)27-24(17-10-4-1-5-11-17,18-12-6-2-7-13-18)19-14-8-3-9-15-19/h1-15H,16H2,(H,30,31)(H,26,27,29)/b28-20+. The SMILES string of the molecule is O=C(O)/C(=N/OCF)c1nsc(NC(c2ccccc2)(c2ccccc2)c2ccccc2)n1. The van der Waals surface area contributed by atoms with Crippen LogP contribution in [0.2, 0.25) is 0 Å². The highest BCUT2D eigenvalue weighted by Crippen LogP contribution is 2.40. The summed E-state index contributed by atoms with van der Waals surface area (Å²) in [4.78, 5) is 20.1. The quantitative estimate of drug-likeness (QED) is 0.213. The van der Waals surface area contributed by atoms with Crippen LogP contribution in [-0.4, -0.2) is 33.0 Å². The molecule has 9 heteroatoms. The molecule has 4 aromatic rings. The molecule has 0 aliphatic heterocycles. The largest absolute Gasteiger partial charge is 0.476 e. The first-order valence-corrected chi connectivity index (χ1v) is 10.7. The average Bonchev–Trinajstić information content (AvgIpc) is 3.32. The van der Waals surface area contributed by atoms with Gasteiger partial charge in [-0.2, -0.15) is 9.36 Å². The lowest BCUT2D eigenvalue weighted by atomic mass is 9.77. The smallest absolute Gasteiger partial charge is 0.362 e. The lowest BCUT2D eigenvalue weighted by Gasteiger charge is -2.36. The van der Waals surface area contributed by atoms with Crippen molar-refractivity contribution in [2.24, 2.45) is 5.16 Å². The van der Waals surface area contributed by atoms with Crippen molar-refractivity contribution in [1.29, 1.82) is 0 Å². The molecule has 1 aromatic heterocycles. The van der Waals surface area contributed by atoms with Gasteiger partial charge in [-0.3, -0.25) is 0 Å². The summed E-state index contributed by atoms with van der Waals surface area (Å²) in [6.45, 7) is -1.26. The Morgan fingerprint density at radius 3 is 1.85 bits per heavy atom. The zero-order valence-corrected chi connectivity index (χ0v) is 18.1. The molecule has 0 saturated heterocycles. The number of hydrogen-bond donors (Lipinski definition) is 2. The molecule has 0 bridgehead atoms. The molecule has 0 unspecified atom stereocenters. The van der Waals surface area contributed by atoms with E-state index in [2.05, 4.69) is 24.7 Å². The van der Waals surface area contributed by atoms with E-state index < -0.39 is 24.1 Å². The van der Waals surface area contributed by atoms with Crippen LogP contribution < -0.4 is 5.32 Å². The molecule has 3 aromatic carbocycles. The van der Waals surface area contributed by atoms with Crippen LogP contribution in [0.25, 0.3) is 0 Å². The maximum atomic E-state index is 12.4. The number of rotatable bonds is 9. The van der Waals surface area contributed by atoms with Crippen molar-refractivity contribution in [1.82, 2.24) is 9.36 Å². The van der Waals surface area contributed by atoms with Gasteiger partial charge in [-0.25, -0.2) is 9.18 Å². The van der Waals surface area contributed by atoms with Crippen LogP contribution in [0.15, 0.2) is 96.2 Å². The lowest BCUT2D eigenvalue weighted by molar-refractivity contribution is -0.129. The van der Waals surface area contributed by atoms with Crippen molar-refractivity contribution >= 4 is 28.3 Å². The molecule has 0 radical (unpaired) electrons. The Hall–Kier alpha value is -4.11. The molecule has 1 heterocycles. The van der Waals surface area contributed by atoms with Gasteiger partial charge in [0, 0.05) is 11.5 Å². The van der Waals surface area contributed by atoms with E-state index in [1.165, 1.54) is 0 Å². The van der Waals surface area contributed by atoms with Crippen LogP contribution >= 0.6 is 11.5 Å². The van der Waals surface area contributed by atoms with Crippen molar-refractivity contribution in [2.75, 3.05) is 12.2 Å². The molecule has 0 aliphatic rings. The Morgan fingerprint density at radius 1 is 0.939 bits per heavy atom. The second-order valence-corrected chi connectivity index (χ2v) is 7.63. The zero-order chi connectivity index (χ0) is 23.1. The number of anilines is 1. The number of nitrogens with one attached hydrogen (secondary N) is 1.